The highest BCUT2D eigenvalue weighted by molar-refractivity contribution is 6.04. The molecule has 0 spiro atoms. The summed E-state index contributed by atoms with van der Waals surface area (Å²) in [4.78, 5) is 11.4. The second-order valence-electron chi connectivity index (χ2n) is 2.86. The average molecular weight is 186 g/mol. The van der Waals surface area contributed by atoms with Crippen molar-refractivity contribution in [2.75, 3.05) is 20.1 Å². The highest BCUT2D eigenvalue weighted by atomic mass is 16.5. The molecule has 0 aromatic carbocycles. The molecule has 0 saturated heterocycles. The van der Waals surface area contributed by atoms with Crippen LogP contribution in [0.1, 0.15) is 6.42 Å². The number of hydrogen-bond donors (Lipinski definition) is 2. The van der Waals surface area contributed by atoms with Crippen LogP contribution in [-0.4, -0.2) is 56.7 Å². The zero-order valence-electron chi connectivity index (χ0n) is 7.72. The van der Waals surface area contributed by atoms with Crippen LogP contribution in [0.2, 0.25) is 0 Å². The molecule has 0 aliphatic carbocycles. The summed E-state index contributed by atoms with van der Waals surface area (Å²) in [6.07, 6.45) is -0.996. The Morgan fingerprint density at radius 3 is 2.77 bits per heavy atom. The van der Waals surface area contributed by atoms with Gasteiger partial charge in [0.1, 0.15) is 6.10 Å². The van der Waals surface area contributed by atoms with Crippen molar-refractivity contribution < 1.29 is 14.6 Å². The first-order valence-electron chi connectivity index (χ1n) is 4.05. The third-order valence-electron chi connectivity index (χ3n) is 1.59. The Balaban J connectivity index is 3.97. The number of ether oxygens (including phenoxy) is 1. The van der Waals surface area contributed by atoms with Gasteiger partial charge in [0.05, 0.1) is 6.10 Å². The zero-order valence-corrected chi connectivity index (χ0v) is 7.72. The molecule has 0 bridgehead atoms. The molecule has 0 saturated carbocycles. The Morgan fingerprint density at radius 2 is 2.38 bits per heavy atom. The Bertz CT molecular complexity index is 146. The third-order valence-corrected chi connectivity index (χ3v) is 1.59. The molecule has 0 aromatic heterocycles. The van der Waals surface area contributed by atoms with Gasteiger partial charge in [-0.1, -0.05) is 0 Å². The predicted octanol–water partition coefficient (Wildman–Crippen LogP) is -1.75. The summed E-state index contributed by atoms with van der Waals surface area (Å²) in [6.45, 7) is 0.919. The minimum absolute atomic E-state index is 0.278. The van der Waals surface area contributed by atoms with Crippen LogP contribution in [0.5, 0.6) is 0 Å². The van der Waals surface area contributed by atoms with E-state index in [1.165, 1.54) is 4.81 Å². The average Bonchev–Trinajstić information content (AvgIpc) is 2.03. The van der Waals surface area contributed by atoms with Crippen LogP contribution < -0.4 is 5.73 Å². The van der Waals surface area contributed by atoms with Gasteiger partial charge in [-0.05, 0) is 20.0 Å². The van der Waals surface area contributed by atoms with Gasteiger partial charge in [0, 0.05) is 6.54 Å². The molecule has 2 unspecified atom stereocenters. The number of aliphatic hydroxyl groups excluding tert-OH is 1. The fraction of sp³-hybridized carbons (Fsp3) is 0.857. The van der Waals surface area contributed by atoms with E-state index in [4.69, 9.17) is 13.7 Å². The van der Waals surface area contributed by atoms with Gasteiger partial charge in [-0.25, -0.2) is 0 Å². The zero-order chi connectivity index (χ0) is 10.3. The largest absolute Gasteiger partial charge is 0.460 e. The van der Waals surface area contributed by atoms with Gasteiger partial charge in [-0.15, -0.1) is 0 Å². The van der Waals surface area contributed by atoms with Crippen LogP contribution in [-0.2, 0) is 9.53 Å². The lowest BCUT2D eigenvalue weighted by atomic mass is 10.1. The Labute approximate surface area is 79.3 Å². The number of carbonyl (C=O) groups is 1. The van der Waals surface area contributed by atoms with Gasteiger partial charge in [0.2, 0.25) is 0 Å². The molecule has 0 aromatic rings. The fourth-order valence-electron chi connectivity index (χ4n) is 0.967. The van der Waals surface area contributed by atoms with Crippen molar-refractivity contribution in [1.29, 1.82) is 0 Å². The molecule has 2 atom stereocenters. The number of rotatable bonds is 7. The quantitative estimate of drug-likeness (QED) is 0.364. The van der Waals surface area contributed by atoms with Crippen LogP contribution in [0.25, 0.3) is 0 Å². The smallest absolute Gasteiger partial charge is 0.293 e. The van der Waals surface area contributed by atoms with Crippen LogP contribution >= 0.6 is 0 Å². The first-order valence-corrected chi connectivity index (χ1v) is 4.05. The fourth-order valence-corrected chi connectivity index (χ4v) is 0.967. The topological polar surface area (TPSA) is 75.8 Å². The molecule has 2 radical (unpaired) electrons. The number of aliphatic hydroxyl groups is 1. The summed E-state index contributed by atoms with van der Waals surface area (Å²) >= 11 is 0. The first kappa shape index (κ1) is 12.4. The maximum atomic E-state index is 10.1. The molecule has 74 valence electrons. The number of nitrogens with zero attached hydrogens (tertiary/aromatic N) is 1. The van der Waals surface area contributed by atoms with E-state index in [0.717, 1.165) is 0 Å². The van der Waals surface area contributed by atoms with Crippen molar-refractivity contribution in [2.45, 2.75) is 18.6 Å². The van der Waals surface area contributed by atoms with E-state index in [9.17, 15) is 9.90 Å². The standard InChI is InChI=1S/C7H15BN2O3/c1-10(8)4-7(13-5-11)6(12)2-3-9/h5-7,12H,2-4,9H2,1H3. The molecule has 13 heavy (non-hydrogen) atoms. The van der Waals surface area contributed by atoms with Crippen LogP contribution in [0.3, 0.4) is 0 Å². The Morgan fingerprint density at radius 1 is 1.77 bits per heavy atom. The van der Waals surface area contributed by atoms with Gasteiger partial charge >= 0.3 is 0 Å². The van der Waals surface area contributed by atoms with Crippen LogP contribution in [0.4, 0.5) is 0 Å². The Hall–Kier alpha value is -0.585. The SMILES string of the molecule is [B]N(C)CC(OC=O)C(O)CCN. The second kappa shape index (κ2) is 6.88. The van der Waals surface area contributed by atoms with Crippen molar-refractivity contribution >= 4 is 14.5 Å². The predicted molar refractivity (Wildman–Crippen MR) is 49.0 cm³/mol. The van der Waals surface area contributed by atoms with Crippen molar-refractivity contribution in [2.24, 2.45) is 5.73 Å². The van der Waals surface area contributed by atoms with Crippen LogP contribution in [0.15, 0.2) is 0 Å². The molecule has 0 heterocycles. The highest BCUT2D eigenvalue weighted by Crippen LogP contribution is 2.03. The van der Waals surface area contributed by atoms with E-state index < -0.39 is 12.2 Å². The minimum Gasteiger partial charge on any atom is -0.460 e. The van der Waals surface area contributed by atoms with E-state index in [1.54, 1.807) is 7.05 Å². The van der Waals surface area contributed by atoms with Crippen molar-refractivity contribution in [1.82, 2.24) is 4.81 Å². The first-order chi connectivity index (χ1) is 6.11. The second-order valence-corrected chi connectivity index (χ2v) is 2.86. The normalized spacial score (nSPS) is 15.4. The molecular formula is C7H15BN2O3. The van der Waals surface area contributed by atoms with E-state index >= 15 is 0 Å². The Kier molecular flexibility index (Phi) is 6.57. The van der Waals surface area contributed by atoms with E-state index in [0.29, 0.717) is 19.4 Å². The van der Waals surface area contributed by atoms with E-state index in [-0.39, 0.29) is 6.54 Å². The molecule has 0 aliphatic heterocycles. The van der Waals surface area contributed by atoms with Gasteiger partial charge in [-0.2, -0.15) is 0 Å². The van der Waals surface area contributed by atoms with Crippen LogP contribution in [0, 0.1) is 0 Å². The summed E-state index contributed by atoms with van der Waals surface area (Å²) in [5, 5.41) is 9.44. The summed E-state index contributed by atoms with van der Waals surface area (Å²) in [5.74, 6) is 0. The molecular weight excluding hydrogens is 171 g/mol. The van der Waals surface area contributed by atoms with Crippen molar-refractivity contribution in [3.8, 4) is 0 Å². The van der Waals surface area contributed by atoms with Gasteiger partial charge < -0.3 is 20.4 Å². The summed E-state index contributed by atoms with van der Waals surface area (Å²) in [6, 6.07) is 0. The van der Waals surface area contributed by atoms with Gasteiger partial charge in [0.15, 0.2) is 7.98 Å². The number of likely N-dealkylation sites (N-methyl/N-ethyl adjacent to an activating group) is 1. The molecule has 0 aliphatic rings. The maximum Gasteiger partial charge on any atom is 0.293 e. The van der Waals surface area contributed by atoms with Crippen molar-refractivity contribution in [3.05, 3.63) is 0 Å². The summed E-state index contributed by atoms with van der Waals surface area (Å²) in [7, 11) is 6.97. The molecule has 0 fully saturated rings. The van der Waals surface area contributed by atoms with Gasteiger partial charge in [0.25, 0.3) is 6.47 Å². The number of nitrogens with two attached hydrogens (primary N) is 1. The highest BCUT2D eigenvalue weighted by Gasteiger charge is 2.19. The molecule has 0 rings (SSSR count). The molecule has 3 N–H and O–H groups in total. The lowest BCUT2D eigenvalue weighted by molar-refractivity contribution is -0.140. The molecule has 0 amide bonds. The van der Waals surface area contributed by atoms with Gasteiger partial charge in [-0.3, -0.25) is 4.79 Å². The number of carbonyl (C=O) groups excluding carboxylic acids is 1. The third kappa shape index (κ3) is 5.62. The number of hydrogen-bond acceptors (Lipinski definition) is 5. The monoisotopic (exact) mass is 186 g/mol. The summed E-state index contributed by atoms with van der Waals surface area (Å²) in [5.41, 5.74) is 5.25. The van der Waals surface area contributed by atoms with E-state index in [1.807, 2.05) is 0 Å². The molecule has 5 nitrogen and oxygen atoms in total. The minimum atomic E-state index is -0.763. The van der Waals surface area contributed by atoms with Crippen molar-refractivity contribution in [3.63, 3.8) is 0 Å². The van der Waals surface area contributed by atoms with E-state index in [2.05, 4.69) is 4.74 Å². The lowest BCUT2D eigenvalue weighted by Crippen LogP contribution is -2.39. The lowest BCUT2D eigenvalue weighted by Gasteiger charge is -2.24. The summed E-state index contributed by atoms with van der Waals surface area (Å²) < 4.78 is 4.66. The molecule has 6 heteroatoms. The maximum absolute atomic E-state index is 10.1.